The molecule has 1 aromatic carbocycles. The molecule has 0 saturated heterocycles. The van der Waals surface area contributed by atoms with Gasteiger partial charge in [-0.1, -0.05) is 17.7 Å². The van der Waals surface area contributed by atoms with Gasteiger partial charge in [-0.2, -0.15) is 0 Å². The van der Waals surface area contributed by atoms with Gasteiger partial charge in [0.25, 0.3) is 0 Å². The third-order valence-electron chi connectivity index (χ3n) is 2.36. The predicted octanol–water partition coefficient (Wildman–Crippen LogP) is 1.43. The van der Waals surface area contributed by atoms with Crippen LogP contribution in [0.15, 0.2) is 18.2 Å². The molecule has 2 nitrogen and oxygen atoms in total. The Labute approximate surface area is 96.8 Å². The van der Waals surface area contributed by atoms with Gasteiger partial charge in [-0.3, -0.25) is 0 Å². The van der Waals surface area contributed by atoms with Crippen LogP contribution in [0.25, 0.3) is 0 Å². The first kappa shape index (κ1) is 12.3. The number of methoxy groups -OCH3 is 1. The number of rotatable bonds is 5. The summed E-state index contributed by atoms with van der Waals surface area (Å²) >= 11 is 6.04. The van der Waals surface area contributed by atoms with Crippen molar-refractivity contribution in [2.45, 2.75) is 12.8 Å². The van der Waals surface area contributed by atoms with E-state index in [9.17, 15) is 0 Å². The molecule has 0 atom stereocenters. The van der Waals surface area contributed by atoms with Gasteiger partial charge in [-0.25, -0.2) is 0 Å². The fourth-order valence-corrected chi connectivity index (χ4v) is 1.79. The van der Waals surface area contributed by atoms with E-state index in [4.69, 9.17) is 16.3 Å². The average molecular weight is 229 g/mol. The summed E-state index contributed by atoms with van der Waals surface area (Å²) in [7, 11) is 5.97. The number of halogens is 1. The molecule has 1 N–H and O–H groups in total. The topological polar surface area (TPSA) is 13.7 Å². The van der Waals surface area contributed by atoms with Crippen LogP contribution in [0.3, 0.4) is 0 Å². The van der Waals surface area contributed by atoms with Crippen molar-refractivity contribution in [3.63, 3.8) is 0 Å². The Morgan fingerprint density at radius 2 is 2.07 bits per heavy atom. The van der Waals surface area contributed by atoms with E-state index in [1.165, 1.54) is 23.4 Å². The van der Waals surface area contributed by atoms with Gasteiger partial charge < -0.3 is 9.64 Å². The van der Waals surface area contributed by atoms with Crippen LogP contribution in [0.2, 0.25) is 5.02 Å². The van der Waals surface area contributed by atoms with Gasteiger partial charge in [-0.05, 0) is 24.1 Å². The van der Waals surface area contributed by atoms with E-state index in [0.717, 1.165) is 12.2 Å². The van der Waals surface area contributed by atoms with Crippen LogP contribution in [-0.2, 0) is 6.42 Å². The maximum atomic E-state index is 6.04. The standard InChI is InChI=1S/C12H18ClNO/c1-14(2)8-4-5-10-6-7-12(15-3)11(13)9-10/h6-7,9H,4-5,8H2,1-3H3/p+1. The smallest absolute Gasteiger partial charge is 0.137 e. The second kappa shape index (κ2) is 5.99. The summed E-state index contributed by atoms with van der Waals surface area (Å²) in [5.74, 6) is 0.749. The zero-order chi connectivity index (χ0) is 11.3. The van der Waals surface area contributed by atoms with Gasteiger partial charge in [0.2, 0.25) is 0 Å². The molecule has 0 saturated carbocycles. The maximum absolute atomic E-state index is 6.04. The third kappa shape index (κ3) is 4.10. The van der Waals surface area contributed by atoms with E-state index in [2.05, 4.69) is 20.2 Å². The first-order valence-electron chi connectivity index (χ1n) is 5.25. The molecule has 3 heteroatoms. The van der Waals surface area contributed by atoms with Crippen molar-refractivity contribution in [2.75, 3.05) is 27.7 Å². The Kier molecular flexibility index (Phi) is 4.92. The molecule has 0 aliphatic carbocycles. The van der Waals surface area contributed by atoms with Gasteiger partial charge in [-0.15, -0.1) is 0 Å². The Hall–Kier alpha value is -0.730. The van der Waals surface area contributed by atoms with Crippen molar-refractivity contribution in [1.29, 1.82) is 0 Å². The molecule has 1 aromatic rings. The predicted molar refractivity (Wildman–Crippen MR) is 64.0 cm³/mol. The monoisotopic (exact) mass is 228 g/mol. The molecule has 0 heterocycles. The summed E-state index contributed by atoms with van der Waals surface area (Å²) in [6.45, 7) is 1.18. The molecule has 15 heavy (non-hydrogen) atoms. The van der Waals surface area contributed by atoms with E-state index < -0.39 is 0 Å². The summed E-state index contributed by atoms with van der Waals surface area (Å²) in [6, 6.07) is 6.00. The Morgan fingerprint density at radius 3 is 2.60 bits per heavy atom. The lowest BCUT2D eigenvalue weighted by atomic mass is 10.1. The largest absolute Gasteiger partial charge is 0.495 e. The van der Waals surface area contributed by atoms with E-state index in [0.29, 0.717) is 5.02 Å². The number of ether oxygens (including phenoxy) is 1. The lowest BCUT2D eigenvalue weighted by Crippen LogP contribution is -3.05. The molecule has 0 spiro atoms. The van der Waals surface area contributed by atoms with E-state index >= 15 is 0 Å². The van der Waals surface area contributed by atoms with Crippen LogP contribution >= 0.6 is 11.6 Å². The molecule has 0 aromatic heterocycles. The summed E-state index contributed by atoms with van der Waals surface area (Å²) in [4.78, 5) is 1.48. The minimum absolute atomic E-state index is 0.701. The van der Waals surface area contributed by atoms with Crippen LogP contribution in [0.4, 0.5) is 0 Å². The number of aryl methyl sites for hydroxylation is 1. The van der Waals surface area contributed by atoms with Crippen molar-refractivity contribution in [3.05, 3.63) is 28.8 Å². The molecule has 0 fully saturated rings. The zero-order valence-electron chi connectivity index (χ0n) is 9.64. The Morgan fingerprint density at radius 1 is 1.33 bits per heavy atom. The van der Waals surface area contributed by atoms with Gasteiger partial charge in [0.1, 0.15) is 5.75 Å². The van der Waals surface area contributed by atoms with Crippen LogP contribution in [0.1, 0.15) is 12.0 Å². The Balaban J connectivity index is 2.52. The highest BCUT2D eigenvalue weighted by molar-refractivity contribution is 6.32. The van der Waals surface area contributed by atoms with Crippen LogP contribution in [-0.4, -0.2) is 27.7 Å². The highest BCUT2D eigenvalue weighted by atomic mass is 35.5. The second-order valence-electron chi connectivity index (χ2n) is 4.03. The zero-order valence-corrected chi connectivity index (χ0v) is 10.4. The van der Waals surface area contributed by atoms with Crippen LogP contribution in [0.5, 0.6) is 5.75 Å². The first-order chi connectivity index (χ1) is 7.13. The lowest BCUT2D eigenvalue weighted by molar-refractivity contribution is -0.858. The van der Waals surface area contributed by atoms with E-state index in [-0.39, 0.29) is 0 Å². The Bertz CT molecular complexity index is 312. The molecule has 0 aliphatic heterocycles. The van der Waals surface area contributed by atoms with E-state index in [1.54, 1.807) is 7.11 Å². The minimum Gasteiger partial charge on any atom is -0.495 e. The summed E-state index contributed by atoms with van der Waals surface area (Å²) in [5.41, 5.74) is 1.28. The third-order valence-corrected chi connectivity index (χ3v) is 2.65. The van der Waals surface area contributed by atoms with Gasteiger partial charge in [0, 0.05) is 6.42 Å². The fourth-order valence-electron chi connectivity index (χ4n) is 1.51. The van der Waals surface area contributed by atoms with Crippen molar-refractivity contribution in [3.8, 4) is 5.75 Å². The molecule has 84 valence electrons. The first-order valence-corrected chi connectivity index (χ1v) is 5.62. The molecule has 0 amide bonds. The number of quaternary nitrogens is 1. The highest BCUT2D eigenvalue weighted by Gasteiger charge is 2.02. The van der Waals surface area contributed by atoms with Crippen molar-refractivity contribution in [1.82, 2.24) is 0 Å². The number of hydrogen-bond acceptors (Lipinski definition) is 1. The van der Waals surface area contributed by atoms with Gasteiger partial charge in [0.05, 0.1) is 32.8 Å². The highest BCUT2D eigenvalue weighted by Crippen LogP contribution is 2.25. The summed E-state index contributed by atoms with van der Waals surface area (Å²) in [5, 5.41) is 0.701. The summed E-state index contributed by atoms with van der Waals surface area (Å²) in [6.07, 6.45) is 2.26. The van der Waals surface area contributed by atoms with Gasteiger partial charge >= 0.3 is 0 Å². The van der Waals surface area contributed by atoms with Gasteiger partial charge in [0.15, 0.2) is 0 Å². The molecular formula is C12H19ClNO+. The maximum Gasteiger partial charge on any atom is 0.137 e. The molecule has 0 unspecified atom stereocenters. The quantitative estimate of drug-likeness (QED) is 0.805. The molecular weight excluding hydrogens is 210 g/mol. The number of benzene rings is 1. The molecule has 1 rings (SSSR count). The van der Waals surface area contributed by atoms with E-state index in [1.807, 2.05) is 12.1 Å². The molecule has 0 bridgehead atoms. The fraction of sp³-hybridized carbons (Fsp3) is 0.500. The lowest BCUT2D eigenvalue weighted by Gasteiger charge is -2.08. The number of nitrogens with one attached hydrogen (secondary N) is 1. The minimum atomic E-state index is 0.701. The summed E-state index contributed by atoms with van der Waals surface area (Å²) < 4.78 is 5.11. The molecule has 0 radical (unpaired) electrons. The normalized spacial score (nSPS) is 10.7. The van der Waals surface area contributed by atoms with Crippen molar-refractivity contribution >= 4 is 11.6 Å². The SMILES string of the molecule is COc1ccc(CCC[NH+](C)C)cc1Cl. The van der Waals surface area contributed by atoms with Crippen LogP contribution < -0.4 is 9.64 Å². The number of hydrogen-bond donors (Lipinski definition) is 1. The van der Waals surface area contributed by atoms with Crippen molar-refractivity contribution < 1.29 is 9.64 Å². The molecule has 0 aliphatic rings. The average Bonchev–Trinajstić information content (AvgIpc) is 2.17. The van der Waals surface area contributed by atoms with Crippen LogP contribution in [0, 0.1) is 0 Å². The van der Waals surface area contributed by atoms with Crippen molar-refractivity contribution in [2.24, 2.45) is 0 Å². The second-order valence-corrected chi connectivity index (χ2v) is 4.44.